The normalized spacial score (nSPS) is 13.4. The summed E-state index contributed by atoms with van der Waals surface area (Å²) in [6.07, 6.45) is 6.81. The van der Waals surface area contributed by atoms with Crippen molar-refractivity contribution in [3.63, 3.8) is 0 Å². The van der Waals surface area contributed by atoms with Crippen LogP contribution in [0.4, 0.5) is 0 Å². The van der Waals surface area contributed by atoms with Crippen molar-refractivity contribution in [1.82, 2.24) is 0 Å². The van der Waals surface area contributed by atoms with E-state index in [0.29, 0.717) is 10.6 Å². The topological polar surface area (TPSA) is 20.2 Å². The molecule has 0 radical (unpaired) electrons. The van der Waals surface area contributed by atoms with Gasteiger partial charge in [0.25, 0.3) is 0 Å². The highest BCUT2D eigenvalue weighted by Crippen LogP contribution is 2.27. The lowest BCUT2D eigenvalue weighted by molar-refractivity contribution is 0.0955. The van der Waals surface area contributed by atoms with Crippen LogP contribution < -0.4 is 0 Å². The quantitative estimate of drug-likeness (QED) is 0.611. The van der Waals surface area contributed by atoms with Crippen LogP contribution in [0.25, 0.3) is 0 Å². The third-order valence-corrected chi connectivity index (χ3v) is 2.27. The summed E-state index contributed by atoms with van der Waals surface area (Å²) in [6, 6.07) is 6.93. The Kier molecular flexibility index (Phi) is 3.77. The summed E-state index contributed by atoms with van der Waals surface area (Å²) < 4.78 is 0. The Balaban J connectivity index is 3.21. The summed E-state index contributed by atoms with van der Waals surface area (Å²) in [5.74, 6) is 2.42. The first-order chi connectivity index (χ1) is 7.12. The number of benzene rings is 1. The van der Waals surface area contributed by atoms with Crippen LogP contribution in [-0.2, 0) is 5.60 Å². The Hall–Kier alpha value is -1.45. The molecule has 0 fully saturated rings. The lowest BCUT2D eigenvalue weighted by Gasteiger charge is -2.21. The number of hydrogen-bond acceptors (Lipinski definition) is 1. The fourth-order valence-electron chi connectivity index (χ4n) is 1.32. The highest BCUT2D eigenvalue weighted by molar-refractivity contribution is 6.30. The molecule has 2 heteroatoms. The molecule has 1 aromatic carbocycles. The minimum Gasteiger partial charge on any atom is -0.379 e. The molecule has 0 amide bonds. The van der Waals surface area contributed by atoms with Crippen molar-refractivity contribution >= 4 is 11.6 Å². The van der Waals surface area contributed by atoms with E-state index in [1.165, 1.54) is 6.08 Å². The van der Waals surface area contributed by atoms with Crippen LogP contribution in [0, 0.1) is 12.3 Å². The molecule has 0 aromatic heterocycles. The van der Waals surface area contributed by atoms with Crippen LogP contribution in [0.5, 0.6) is 0 Å². The molecule has 1 N–H and O–H groups in total. The molecule has 15 heavy (non-hydrogen) atoms. The molecule has 0 bridgehead atoms. The molecule has 0 saturated heterocycles. The third-order valence-electron chi connectivity index (χ3n) is 2.04. The van der Waals surface area contributed by atoms with Crippen molar-refractivity contribution in [2.45, 2.75) is 12.0 Å². The van der Waals surface area contributed by atoms with Crippen molar-refractivity contribution in [2.75, 3.05) is 0 Å². The van der Waals surface area contributed by atoms with Crippen LogP contribution in [0.2, 0.25) is 5.02 Å². The molecule has 1 rings (SSSR count). The van der Waals surface area contributed by atoms with E-state index in [0.717, 1.165) is 0 Å². The third kappa shape index (κ3) is 2.75. The average Bonchev–Trinajstić information content (AvgIpc) is 2.18. The largest absolute Gasteiger partial charge is 0.379 e. The van der Waals surface area contributed by atoms with Crippen LogP contribution in [0.1, 0.15) is 12.0 Å². The summed E-state index contributed by atoms with van der Waals surface area (Å²) in [4.78, 5) is 0. The van der Waals surface area contributed by atoms with E-state index in [1.807, 2.05) is 0 Å². The second-order valence-electron chi connectivity index (χ2n) is 3.16. The molecular weight excluding hydrogens is 208 g/mol. The molecule has 0 aliphatic carbocycles. The smallest absolute Gasteiger partial charge is 0.126 e. The van der Waals surface area contributed by atoms with Gasteiger partial charge in [-0.15, -0.1) is 18.1 Å². The van der Waals surface area contributed by atoms with Crippen LogP contribution in [0.3, 0.4) is 0 Å². The summed E-state index contributed by atoms with van der Waals surface area (Å²) in [5.41, 5.74) is 1.96. The Bertz CT molecular complexity index is 438. The van der Waals surface area contributed by atoms with E-state index in [1.54, 1.807) is 24.3 Å². The maximum Gasteiger partial charge on any atom is 0.126 e. The lowest BCUT2D eigenvalue weighted by Crippen LogP contribution is -2.21. The van der Waals surface area contributed by atoms with Gasteiger partial charge in [-0.2, -0.15) is 0 Å². The van der Waals surface area contributed by atoms with E-state index in [2.05, 4.69) is 18.2 Å². The molecular formula is C13H11ClO. The molecule has 1 aromatic rings. The minimum atomic E-state index is -1.23. The standard InChI is InChI=1S/C13H11ClO/c1-3-8-13(15,9-4-2)11-6-5-7-12(14)10-11/h1,5-7,9-10,15H,2,8H2. The van der Waals surface area contributed by atoms with E-state index < -0.39 is 5.60 Å². The second-order valence-corrected chi connectivity index (χ2v) is 3.60. The fraction of sp³-hybridized carbons (Fsp3) is 0.154. The van der Waals surface area contributed by atoms with Gasteiger partial charge in [0.2, 0.25) is 0 Å². The SMILES string of the molecule is C#CCC(O)(C=C=C)c1cccc(Cl)c1. The Labute approximate surface area is 94.7 Å². The first-order valence-corrected chi connectivity index (χ1v) is 4.79. The van der Waals surface area contributed by atoms with Gasteiger partial charge < -0.3 is 5.11 Å². The van der Waals surface area contributed by atoms with E-state index in [9.17, 15) is 5.11 Å². The van der Waals surface area contributed by atoms with Gasteiger partial charge in [0.1, 0.15) is 5.60 Å². The van der Waals surface area contributed by atoms with Crippen molar-refractivity contribution in [2.24, 2.45) is 0 Å². The van der Waals surface area contributed by atoms with Crippen molar-refractivity contribution in [1.29, 1.82) is 0 Å². The molecule has 0 saturated carbocycles. The highest BCUT2D eigenvalue weighted by Gasteiger charge is 2.25. The first-order valence-electron chi connectivity index (χ1n) is 4.41. The van der Waals surface area contributed by atoms with Gasteiger partial charge in [0.05, 0.1) is 0 Å². The van der Waals surface area contributed by atoms with Crippen molar-refractivity contribution < 1.29 is 5.11 Å². The lowest BCUT2D eigenvalue weighted by atomic mass is 9.91. The van der Waals surface area contributed by atoms with Crippen molar-refractivity contribution in [3.05, 3.63) is 53.2 Å². The monoisotopic (exact) mass is 218 g/mol. The number of halogens is 1. The zero-order valence-electron chi connectivity index (χ0n) is 8.20. The van der Waals surface area contributed by atoms with Gasteiger partial charge in [-0.25, -0.2) is 0 Å². The van der Waals surface area contributed by atoms with Crippen LogP contribution >= 0.6 is 11.6 Å². The zero-order chi connectivity index (χ0) is 11.3. The minimum absolute atomic E-state index is 0.163. The molecule has 0 aliphatic rings. The Morgan fingerprint density at radius 3 is 2.87 bits per heavy atom. The predicted molar refractivity (Wildman–Crippen MR) is 62.5 cm³/mol. The average molecular weight is 219 g/mol. The van der Waals surface area contributed by atoms with Gasteiger partial charge in [0, 0.05) is 11.4 Å². The molecule has 0 aliphatic heterocycles. The van der Waals surface area contributed by atoms with Crippen molar-refractivity contribution in [3.8, 4) is 12.3 Å². The van der Waals surface area contributed by atoms with E-state index in [4.69, 9.17) is 18.0 Å². The molecule has 1 atom stereocenters. The second kappa shape index (κ2) is 4.87. The molecule has 1 unspecified atom stereocenters. The molecule has 76 valence electrons. The molecule has 0 spiro atoms. The Morgan fingerprint density at radius 1 is 1.60 bits per heavy atom. The van der Waals surface area contributed by atoms with E-state index in [-0.39, 0.29) is 6.42 Å². The molecule has 0 heterocycles. The zero-order valence-corrected chi connectivity index (χ0v) is 8.96. The van der Waals surface area contributed by atoms with Gasteiger partial charge >= 0.3 is 0 Å². The predicted octanol–water partition coefficient (Wildman–Crippen LogP) is 2.89. The summed E-state index contributed by atoms with van der Waals surface area (Å²) in [5, 5.41) is 10.8. The number of rotatable bonds is 3. The maximum absolute atomic E-state index is 10.2. The molecule has 1 nitrogen and oxygen atoms in total. The maximum atomic E-state index is 10.2. The summed E-state index contributed by atoms with van der Waals surface area (Å²) >= 11 is 5.84. The Morgan fingerprint density at radius 2 is 2.33 bits per heavy atom. The van der Waals surface area contributed by atoms with Crippen LogP contribution in [-0.4, -0.2) is 5.11 Å². The van der Waals surface area contributed by atoms with Gasteiger partial charge in [-0.05, 0) is 23.8 Å². The van der Waals surface area contributed by atoms with Gasteiger partial charge in [-0.1, -0.05) is 30.3 Å². The van der Waals surface area contributed by atoms with E-state index >= 15 is 0 Å². The van der Waals surface area contributed by atoms with Gasteiger partial charge in [-0.3, -0.25) is 0 Å². The number of terminal acetylenes is 1. The first kappa shape index (κ1) is 11.6. The summed E-state index contributed by atoms with van der Waals surface area (Å²) in [6.45, 7) is 3.43. The van der Waals surface area contributed by atoms with Crippen LogP contribution in [0.15, 0.2) is 42.7 Å². The number of hydrogen-bond donors (Lipinski definition) is 1. The summed E-state index contributed by atoms with van der Waals surface area (Å²) in [7, 11) is 0. The number of aliphatic hydroxyl groups is 1. The van der Waals surface area contributed by atoms with Gasteiger partial charge in [0.15, 0.2) is 0 Å². The highest BCUT2D eigenvalue weighted by atomic mass is 35.5. The fourth-order valence-corrected chi connectivity index (χ4v) is 1.51.